The van der Waals surface area contributed by atoms with Crippen molar-refractivity contribution in [1.82, 2.24) is 10.2 Å². The van der Waals surface area contributed by atoms with Crippen LogP contribution in [-0.2, 0) is 4.79 Å². The van der Waals surface area contributed by atoms with Gasteiger partial charge >= 0.3 is 6.03 Å². The van der Waals surface area contributed by atoms with Crippen molar-refractivity contribution in [3.63, 3.8) is 0 Å². The number of hydrogen-bond donors (Lipinski definition) is 2. The van der Waals surface area contributed by atoms with Crippen LogP contribution in [0, 0.1) is 6.92 Å². The van der Waals surface area contributed by atoms with E-state index in [0.29, 0.717) is 0 Å². The lowest BCUT2D eigenvalue weighted by Crippen LogP contribution is -2.29. The van der Waals surface area contributed by atoms with Crippen LogP contribution in [0.25, 0.3) is 0 Å². The zero-order valence-electron chi connectivity index (χ0n) is 9.48. The van der Waals surface area contributed by atoms with Gasteiger partial charge in [-0.05, 0) is 19.1 Å². The van der Waals surface area contributed by atoms with Crippen LogP contribution in [0.1, 0.15) is 4.88 Å². The summed E-state index contributed by atoms with van der Waals surface area (Å²) in [7, 11) is 1.69. The molecule has 2 N–H and O–H groups in total. The fourth-order valence-electron chi connectivity index (χ4n) is 1.39. The minimum Gasteiger partial charge on any atom is -0.336 e. The third-order valence-corrected chi connectivity index (χ3v) is 3.09. The molecule has 0 unspecified atom stereocenters. The molecule has 2 heterocycles. The smallest absolute Gasteiger partial charge is 0.336 e. The number of likely N-dealkylation sites (N-methyl/N-ethyl adjacent to an activating group) is 1. The Balaban J connectivity index is 2.02. The number of amides is 3. The Morgan fingerprint density at radius 1 is 1.59 bits per heavy atom. The summed E-state index contributed by atoms with van der Waals surface area (Å²) < 4.78 is 0. The molecule has 0 saturated carbocycles. The largest absolute Gasteiger partial charge is 0.349 e. The molecule has 0 aliphatic carbocycles. The third-order valence-electron chi connectivity index (χ3n) is 2.17. The van der Waals surface area contributed by atoms with Gasteiger partial charge in [-0.25, -0.2) is 4.79 Å². The van der Waals surface area contributed by atoms with E-state index >= 15 is 0 Å². The van der Waals surface area contributed by atoms with E-state index in [1.54, 1.807) is 11.9 Å². The van der Waals surface area contributed by atoms with E-state index in [0.717, 1.165) is 9.88 Å². The van der Waals surface area contributed by atoms with Crippen molar-refractivity contribution in [3.05, 3.63) is 17.0 Å². The maximum absolute atomic E-state index is 11.6. The minimum absolute atomic E-state index is 0.161. The monoisotopic (exact) mass is 252 g/mol. The van der Waals surface area contributed by atoms with Gasteiger partial charge in [0.25, 0.3) is 0 Å². The number of thiophene rings is 1. The molecule has 1 saturated heterocycles. The van der Waals surface area contributed by atoms with Gasteiger partial charge in [0, 0.05) is 11.9 Å². The van der Waals surface area contributed by atoms with Crippen LogP contribution in [0.4, 0.5) is 9.80 Å². The van der Waals surface area contributed by atoms with E-state index in [2.05, 4.69) is 15.6 Å². The van der Waals surface area contributed by atoms with E-state index in [1.165, 1.54) is 11.3 Å². The minimum atomic E-state index is -0.490. The predicted molar refractivity (Wildman–Crippen MR) is 66.3 cm³/mol. The summed E-state index contributed by atoms with van der Waals surface area (Å²) >= 11 is 1.47. The predicted octanol–water partition coefficient (Wildman–Crippen LogP) is 1.01. The number of carbonyl (C=O) groups is 2. The zero-order chi connectivity index (χ0) is 12.4. The second-order valence-corrected chi connectivity index (χ2v) is 4.97. The van der Waals surface area contributed by atoms with E-state index in [9.17, 15) is 9.59 Å². The number of aryl methyl sites for hydroxylation is 1. The Kier molecular flexibility index (Phi) is 3.10. The maximum atomic E-state index is 11.6. The van der Waals surface area contributed by atoms with Gasteiger partial charge in [-0.15, -0.1) is 11.3 Å². The topological polar surface area (TPSA) is 73.8 Å². The highest BCUT2D eigenvalue weighted by atomic mass is 32.1. The maximum Gasteiger partial charge on any atom is 0.349 e. The Morgan fingerprint density at radius 2 is 2.35 bits per heavy atom. The van der Waals surface area contributed by atoms with E-state index in [1.807, 2.05) is 19.1 Å². The quantitative estimate of drug-likeness (QED) is 0.783. The van der Waals surface area contributed by atoms with E-state index in [4.69, 9.17) is 0 Å². The van der Waals surface area contributed by atoms with Crippen LogP contribution in [-0.4, -0.2) is 36.4 Å². The SMILES string of the molecule is Cc1ccc(NC(=O)N=C2NC(=O)CN2C)s1. The van der Waals surface area contributed by atoms with E-state index in [-0.39, 0.29) is 18.4 Å². The summed E-state index contributed by atoms with van der Waals surface area (Å²) in [5.41, 5.74) is 0. The van der Waals surface area contributed by atoms with Gasteiger partial charge in [0.2, 0.25) is 11.9 Å². The van der Waals surface area contributed by atoms with Crippen LogP contribution in [0.2, 0.25) is 0 Å². The fraction of sp³-hybridized carbons (Fsp3) is 0.300. The normalized spacial score (nSPS) is 17.4. The summed E-state index contributed by atoms with van der Waals surface area (Å²) in [5.74, 6) is 0.117. The second kappa shape index (κ2) is 4.54. The molecule has 1 aromatic heterocycles. The standard InChI is InChI=1S/C10H12N4O2S/c1-6-3-4-8(17-6)12-10(16)13-9-11-7(15)5-14(9)2/h3-4H,5H2,1-2H3,(H2,11,12,13,15,16). The highest BCUT2D eigenvalue weighted by Crippen LogP contribution is 2.20. The Hall–Kier alpha value is -1.89. The average molecular weight is 252 g/mol. The van der Waals surface area contributed by atoms with Crippen molar-refractivity contribution in [2.75, 3.05) is 18.9 Å². The molecule has 0 radical (unpaired) electrons. The lowest BCUT2D eigenvalue weighted by atomic mass is 10.5. The molecule has 90 valence electrons. The first kappa shape index (κ1) is 11.6. The number of nitrogens with zero attached hydrogens (tertiary/aromatic N) is 2. The molecule has 1 aromatic rings. The van der Waals surface area contributed by atoms with Crippen molar-refractivity contribution in [2.45, 2.75) is 6.92 Å². The molecular weight excluding hydrogens is 240 g/mol. The van der Waals surface area contributed by atoms with Gasteiger partial charge in [-0.1, -0.05) is 0 Å². The van der Waals surface area contributed by atoms with Gasteiger partial charge in [-0.3, -0.25) is 15.4 Å². The van der Waals surface area contributed by atoms with Gasteiger partial charge in [-0.2, -0.15) is 4.99 Å². The number of carbonyl (C=O) groups excluding carboxylic acids is 2. The second-order valence-electron chi connectivity index (χ2n) is 3.68. The number of hydrogen-bond acceptors (Lipinski definition) is 3. The molecule has 0 aromatic carbocycles. The lowest BCUT2D eigenvalue weighted by Gasteiger charge is -2.07. The summed E-state index contributed by atoms with van der Waals surface area (Å²) in [5, 5.41) is 5.88. The number of guanidine groups is 1. The molecule has 3 amide bonds. The molecule has 1 aliphatic rings. The number of anilines is 1. The van der Waals surface area contributed by atoms with Crippen LogP contribution in [0.5, 0.6) is 0 Å². The van der Waals surface area contributed by atoms with Crippen molar-refractivity contribution in [2.24, 2.45) is 4.99 Å². The van der Waals surface area contributed by atoms with Crippen molar-refractivity contribution in [1.29, 1.82) is 0 Å². The first-order chi connectivity index (χ1) is 8.04. The zero-order valence-corrected chi connectivity index (χ0v) is 10.3. The fourth-order valence-corrected chi connectivity index (χ4v) is 2.15. The van der Waals surface area contributed by atoms with Crippen LogP contribution in [0.15, 0.2) is 17.1 Å². The molecule has 0 bridgehead atoms. The highest BCUT2D eigenvalue weighted by Gasteiger charge is 2.22. The Labute approximate surface area is 102 Å². The van der Waals surface area contributed by atoms with Gasteiger partial charge < -0.3 is 4.90 Å². The number of urea groups is 1. The molecule has 0 atom stereocenters. The average Bonchev–Trinajstić information content (AvgIpc) is 2.74. The summed E-state index contributed by atoms with van der Waals surface area (Å²) in [6, 6.07) is 3.24. The van der Waals surface area contributed by atoms with Gasteiger partial charge in [0.05, 0.1) is 11.5 Å². The number of nitrogens with one attached hydrogen (secondary N) is 2. The number of aliphatic imine (C=N–C) groups is 1. The molecule has 1 fully saturated rings. The van der Waals surface area contributed by atoms with Crippen LogP contribution < -0.4 is 10.6 Å². The Bertz CT molecular complexity index is 494. The number of rotatable bonds is 1. The van der Waals surface area contributed by atoms with Crippen LogP contribution in [0.3, 0.4) is 0 Å². The molecule has 17 heavy (non-hydrogen) atoms. The highest BCUT2D eigenvalue weighted by molar-refractivity contribution is 7.16. The first-order valence-corrected chi connectivity index (χ1v) is 5.83. The van der Waals surface area contributed by atoms with E-state index < -0.39 is 6.03 Å². The van der Waals surface area contributed by atoms with Crippen molar-refractivity contribution >= 4 is 34.2 Å². The summed E-state index contributed by atoms with van der Waals surface area (Å²) in [4.78, 5) is 29.1. The molecule has 6 nitrogen and oxygen atoms in total. The first-order valence-electron chi connectivity index (χ1n) is 5.01. The molecular formula is C10H12N4O2S. The Morgan fingerprint density at radius 3 is 2.88 bits per heavy atom. The van der Waals surface area contributed by atoms with Crippen molar-refractivity contribution in [3.8, 4) is 0 Å². The van der Waals surface area contributed by atoms with Crippen LogP contribution >= 0.6 is 11.3 Å². The third kappa shape index (κ3) is 2.82. The molecule has 0 spiro atoms. The summed E-state index contributed by atoms with van der Waals surface area (Å²) in [6.45, 7) is 2.18. The summed E-state index contributed by atoms with van der Waals surface area (Å²) in [6.07, 6.45) is 0. The molecule has 2 rings (SSSR count). The van der Waals surface area contributed by atoms with Crippen molar-refractivity contribution < 1.29 is 9.59 Å². The molecule has 7 heteroatoms. The van der Waals surface area contributed by atoms with Gasteiger partial charge in [0.1, 0.15) is 0 Å². The van der Waals surface area contributed by atoms with Gasteiger partial charge in [0.15, 0.2) is 0 Å². The molecule has 1 aliphatic heterocycles. The lowest BCUT2D eigenvalue weighted by molar-refractivity contribution is -0.118.